The smallest absolute Gasteiger partial charge is 0.264 e. The van der Waals surface area contributed by atoms with Crippen molar-refractivity contribution in [2.75, 3.05) is 18.5 Å². The number of benzene rings is 1. The third-order valence-electron chi connectivity index (χ3n) is 4.01. The molecule has 0 saturated carbocycles. The molecule has 1 amide bonds. The predicted octanol–water partition coefficient (Wildman–Crippen LogP) is 2.26. The molecule has 26 heavy (non-hydrogen) atoms. The van der Waals surface area contributed by atoms with E-state index < -0.39 is 15.3 Å². The molecule has 0 bridgehead atoms. The minimum atomic E-state index is -3.29. The Morgan fingerprint density at radius 2 is 2.08 bits per heavy atom. The van der Waals surface area contributed by atoms with Crippen LogP contribution in [0.2, 0.25) is 0 Å². The number of fused-ring (bicyclic) bond motifs is 1. The Morgan fingerprint density at radius 1 is 1.35 bits per heavy atom. The minimum Gasteiger partial charge on any atom is -0.484 e. The highest BCUT2D eigenvalue weighted by atomic mass is 32.2. The fourth-order valence-corrected chi connectivity index (χ4v) is 4.93. The van der Waals surface area contributed by atoms with Crippen LogP contribution in [0.1, 0.15) is 24.4 Å². The molecule has 9 heteroatoms. The van der Waals surface area contributed by atoms with Gasteiger partial charge in [0.25, 0.3) is 5.91 Å². The monoisotopic (exact) mass is 395 g/mol. The van der Waals surface area contributed by atoms with Crippen LogP contribution < -0.4 is 10.1 Å². The number of thiazole rings is 1. The number of sulfonamides is 1. The van der Waals surface area contributed by atoms with Crippen molar-refractivity contribution < 1.29 is 17.9 Å². The van der Waals surface area contributed by atoms with Gasteiger partial charge in [0.1, 0.15) is 5.75 Å². The first-order valence-corrected chi connectivity index (χ1v) is 10.6. The number of aromatic nitrogens is 1. The summed E-state index contributed by atoms with van der Waals surface area (Å²) in [6.45, 7) is 3.97. The summed E-state index contributed by atoms with van der Waals surface area (Å²) in [5.74, 6) is 0.322. The zero-order valence-electron chi connectivity index (χ0n) is 14.6. The Hall–Kier alpha value is -1.97. The number of carbonyl (C=O) groups excluding carboxylic acids is 1. The maximum atomic E-state index is 12.3. The molecule has 7 nitrogen and oxygen atoms in total. The third-order valence-corrected chi connectivity index (χ3v) is 7.23. The number of anilines is 1. The number of amides is 1. The number of nitrogens with one attached hydrogen (secondary N) is 1. The largest absolute Gasteiger partial charge is 0.484 e. The zero-order valence-corrected chi connectivity index (χ0v) is 16.3. The van der Waals surface area contributed by atoms with Crippen LogP contribution in [0.15, 0.2) is 30.3 Å². The fourth-order valence-electron chi connectivity index (χ4n) is 2.56. The molecule has 1 aliphatic rings. The van der Waals surface area contributed by atoms with Crippen molar-refractivity contribution in [2.45, 2.75) is 32.1 Å². The highest BCUT2D eigenvalue weighted by Crippen LogP contribution is 2.30. The molecular weight excluding hydrogens is 374 g/mol. The molecule has 1 aliphatic heterocycles. The number of nitrogens with zero attached hydrogens (tertiary/aromatic N) is 2. The lowest BCUT2D eigenvalue weighted by Gasteiger charge is -2.26. The second-order valence-electron chi connectivity index (χ2n) is 6.22. The van der Waals surface area contributed by atoms with Crippen LogP contribution in [0.25, 0.3) is 0 Å². The molecule has 0 saturated heterocycles. The first-order valence-electron chi connectivity index (χ1n) is 8.31. The van der Waals surface area contributed by atoms with Gasteiger partial charge in [-0.1, -0.05) is 18.2 Å². The molecule has 0 fully saturated rings. The molecule has 1 aromatic carbocycles. The Morgan fingerprint density at radius 3 is 2.77 bits per heavy atom. The average Bonchev–Trinajstić information content (AvgIpc) is 3.02. The third kappa shape index (κ3) is 4.22. The van der Waals surface area contributed by atoms with Gasteiger partial charge in [-0.3, -0.25) is 10.1 Å². The highest BCUT2D eigenvalue weighted by Gasteiger charge is 2.31. The fraction of sp³-hybridized carbons (Fsp3) is 0.412. The Labute approximate surface area is 157 Å². The summed E-state index contributed by atoms with van der Waals surface area (Å²) in [7, 11) is -3.29. The van der Waals surface area contributed by atoms with Crippen LogP contribution in [0.3, 0.4) is 0 Å². The van der Waals surface area contributed by atoms with Gasteiger partial charge in [-0.15, -0.1) is 11.3 Å². The summed E-state index contributed by atoms with van der Waals surface area (Å²) in [6.07, 6.45) is 0.550. The number of hydrogen-bond acceptors (Lipinski definition) is 6. The number of carbonyl (C=O) groups is 1. The molecule has 0 radical (unpaired) electrons. The van der Waals surface area contributed by atoms with Crippen LogP contribution in [-0.4, -0.2) is 42.0 Å². The first kappa shape index (κ1) is 18.8. The number of para-hydroxylation sites is 1. The van der Waals surface area contributed by atoms with E-state index in [0.717, 1.165) is 10.6 Å². The number of hydrogen-bond donors (Lipinski definition) is 1. The lowest BCUT2D eigenvalue weighted by Crippen LogP contribution is -2.39. The van der Waals surface area contributed by atoms with E-state index in [0.29, 0.717) is 30.4 Å². The average molecular weight is 396 g/mol. The van der Waals surface area contributed by atoms with Crippen LogP contribution in [-0.2, 0) is 27.8 Å². The number of rotatable bonds is 6. The van der Waals surface area contributed by atoms with E-state index in [1.807, 2.05) is 18.2 Å². The van der Waals surface area contributed by atoms with Gasteiger partial charge in [0.2, 0.25) is 10.0 Å². The summed E-state index contributed by atoms with van der Waals surface area (Å²) in [6, 6.07) is 9.09. The molecule has 0 unspecified atom stereocenters. The van der Waals surface area contributed by atoms with Crippen molar-refractivity contribution >= 4 is 32.4 Å². The lowest BCUT2D eigenvalue weighted by atomic mass is 10.2. The predicted molar refractivity (Wildman–Crippen MR) is 101 cm³/mol. The Kier molecular flexibility index (Phi) is 5.59. The van der Waals surface area contributed by atoms with Crippen LogP contribution >= 0.6 is 11.3 Å². The molecule has 1 N–H and O–H groups in total. The van der Waals surface area contributed by atoms with Crippen molar-refractivity contribution in [3.8, 4) is 5.75 Å². The Balaban J connectivity index is 1.60. The Bertz CT molecular complexity index is 879. The van der Waals surface area contributed by atoms with E-state index in [1.165, 1.54) is 15.6 Å². The van der Waals surface area contributed by atoms with Crippen molar-refractivity contribution in [3.05, 3.63) is 40.9 Å². The van der Waals surface area contributed by atoms with E-state index >= 15 is 0 Å². The van der Waals surface area contributed by atoms with E-state index in [9.17, 15) is 13.2 Å². The van der Waals surface area contributed by atoms with E-state index in [4.69, 9.17) is 4.74 Å². The molecule has 140 valence electrons. The lowest BCUT2D eigenvalue weighted by molar-refractivity contribution is -0.118. The maximum Gasteiger partial charge on any atom is 0.264 e. The second kappa shape index (κ2) is 7.73. The number of ether oxygens (including phenoxy) is 1. The first-order chi connectivity index (χ1) is 12.4. The van der Waals surface area contributed by atoms with Gasteiger partial charge < -0.3 is 4.74 Å². The van der Waals surface area contributed by atoms with Gasteiger partial charge in [0.15, 0.2) is 11.7 Å². The molecule has 1 aromatic heterocycles. The highest BCUT2D eigenvalue weighted by molar-refractivity contribution is 7.89. The molecular formula is C17H21N3O4S2. The van der Waals surface area contributed by atoms with Gasteiger partial charge >= 0.3 is 0 Å². The minimum absolute atomic E-state index is 0.109. The molecule has 0 atom stereocenters. The molecule has 2 aromatic rings. The van der Waals surface area contributed by atoms with Crippen LogP contribution in [0.4, 0.5) is 5.13 Å². The van der Waals surface area contributed by atoms with E-state index in [-0.39, 0.29) is 12.5 Å². The SMILES string of the molecule is CC(C)S(=O)(=O)N1CCc2nc(NC(=O)COc3ccccc3)sc2C1. The van der Waals surface area contributed by atoms with Crippen LogP contribution in [0, 0.1) is 0 Å². The molecule has 3 rings (SSSR count). The molecule has 0 spiro atoms. The molecule has 0 aliphatic carbocycles. The molecule has 2 heterocycles. The van der Waals surface area contributed by atoms with Crippen molar-refractivity contribution in [2.24, 2.45) is 0 Å². The topological polar surface area (TPSA) is 88.6 Å². The van der Waals surface area contributed by atoms with Gasteiger partial charge in [-0.05, 0) is 26.0 Å². The van der Waals surface area contributed by atoms with Crippen molar-refractivity contribution in [1.82, 2.24) is 9.29 Å². The summed E-state index contributed by atoms with van der Waals surface area (Å²) in [5.41, 5.74) is 0.851. The van der Waals surface area contributed by atoms with Crippen molar-refractivity contribution in [1.29, 1.82) is 0 Å². The summed E-state index contributed by atoms with van der Waals surface area (Å²) in [5, 5.41) is 2.74. The van der Waals surface area contributed by atoms with Gasteiger partial charge in [0.05, 0.1) is 10.9 Å². The second-order valence-corrected chi connectivity index (χ2v) is 9.79. The normalized spacial score (nSPS) is 14.9. The van der Waals surface area contributed by atoms with Gasteiger partial charge in [-0.25, -0.2) is 13.4 Å². The summed E-state index contributed by atoms with van der Waals surface area (Å²) >= 11 is 1.31. The van der Waals surface area contributed by atoms with Gasteiger partial charge in [0, 0.05) is 24.4 Å². The van der Waals surface area contributed by atoms with E-state index in [1.54, 1.807) is 26.0 Å². The maximum absolute atomic E-state index is 12.3. The van der Waals surface area contributed by atoms with Crippen LogP contribution in [0.5, 0.6) is 5.75 Å². The summed E-state index contributed by atoms with van der Waals surface area (Å²) in [4.78, 5) is 17.3. The summed E-state index contributed by atoms with van der Waals surface area (Å²) < 4.78 is 31.5. The standard InChI is InChI=1S/C17H21N3O4S2/c1-12(2)26(22,23)20-9-8-14-15(10-20)25-17(18-14)19-16(21)11-24-13-6-4-3-5-7-13/h3-7,12H,8-11H2,1-2H3,(H,18,19,21). The van der Waals surface area contributed by atoms with E-state index in [2.05, 4.69) is 10.3 Å². The zero-order chi connectivity index (χ0) is 18.7. The van der Waals surface area contributed by atoms with Crippen molar-refractivity contribution in [3.63, 3.8) is 0 Å². The quantitative estimate of drug-likeness (QED) is 0.810. The van der Waals surface area contributed by atoms with Gasteiger partial charge in [-0.2, -0.15) is 4.31 Å².